The fraction of sp³-hybridized carbons (Fsp3) is 1.00. The molecule has 0 atom stereocenters. The fourth-order valence-corrected chi connectivity index (χ4v) is 1.07. The van der Waals surface area contributed by atoms with Gasteiger partial charge in [0, 0.05) is 5.41 Å². The lowest BCUT2D eigenvalue weighted by Crippen LogP contribution is -2.42. The van der Waals surface area contributed by atoms with Crippen molar-refractivity contribution in [1.82, 2.24) is 0 Å². The highest BCUT2D eigenvalue weighted by Crippen LogP contribution is 2.42. The van der Waals surface area contributed by atoms with E-state index in [0.29, 0.717) is 6.54 Å². The molecule has 0 aromatic heterocycles. The van der Waals surface area contributed by atoms with E-state index < -0.39 is 0 Å². The Balaban J connectivity index is 4.10. The molecule has 62 valence electrons. The van der Waals surface area contributed by atoms with Gasteiger partial charge < -0.3 is 11.5 Å². The molecule has 0 aromatic carbocycles. The van der Waals surface area contributed by atoms with Crippen LogP contribution in [0.1, 0.15) is 20.3 Å². The van der Waals surface area contributed by atoms with Crippen molar-refractivity contribution in [2.45, 2.75) is 21.8 Å². The van der Waals surface area contributed by atoms with Gasteiger partial charge in [0.2, 0.25) is 0 Å². The Morgan fingerprint density at radius 3 is 1.80 bits per heavy atom. The van der Waals surface area contributed by atoms with E-state index in [0.717, 1.165) is 6.42 Å². The monoisotopic (exact) mass is 368 g/mol. The van der Waals surface area contributed by atoms with Crippen LogP contribution in [0, 0.1) is 5.41 Å². The molecule has 0 saturated carbocycles. The summed E-state index contributed by atoms with van der Waals surface area (Å²) in [7, 11) is 0. The van der Waals surface area contributed by atoms with E-state index in [1.807, 2.05) is 0 Å². The van der Waals surface area contributed by atoms with Crippen LogP contribution in [0.5, 0.6) is 0 Å². The van der Waals surface area contributed by atoms with Crippen LogP contribution in [-0.2, 0) is 0 Å². The molecule has 0 spiro atoms. The van der Waals surface area contributed by atoms with Gasteiger partial charge >= 0.3 is 0 Å². The molecule has 0 unspecified atom stereocenters. The van der Waals surface area contributed by atoms with E-state index in [1.54, 1.807) is 0 Å². The van der Waals surface area contributed by atoms with Gasteiger partial charge in [0.15, 0.2) is 0 Å². The van der Waals surface area contributed by atoms with Crippen molar-refractivity contribution in [3.05, 3.63) is 0 Å². The second kappa shape index (κ2) is 3.86. The van der Waals surface area contributed by atoms with Crippen molar-refractivity contribution in [1.29, 1.82) is 0 Å². The maximum atomic E-state index is 5.92. The molecular formula is C6H14I2N2. The summed E-state index contributed by atoms with van der Waals surface area (Å²) in [5.74, 6) is 0. The minimum Gasteiger partial charge on any atom is -0.330 e. The molecule has 4 N–H and O–H groups in total. The summed E-state index contributed by atoms with van der Waals surface area (Å²) < 4.78 is -0.193. The minimum atomic E-state index is -0.193. The lowest BCUT2D eigenvalue weighted by Gasteiger charge is -2.34. The Morgan fingerprint density at radius 1 is 1.30 bits per heavy atom. The summed E-state index contributed by atoms with van der Waals surface area (Å²) in [6.07, 6.45) is 0.968. The van der Waals surface area contributed by atoms with Gasteiger partial charge in [-0.05, 0) is 58.1 Å². The van der Waals surface area contributed by atoms with Crippen LogP contribution in [0.3, 0.4) is 0 Å². The number of hydrogen-bond donors (Lipinski definition) is 2. The van der Waals surface area contributed by atoms with Crippen molar-refractivity contribution in [3.8, 4) is 0 Å². The molecule has 0 heterocycles. The smallest absolute Gasteiger partial charge is 0.125 e. The number of hydrogen-bond acceptors (Lipinski definition) is 2. The highest BCUT2D eigenvalue weighted by atomic mass is 127. The summed E-state index contributed by atoms with van der Waals surface area (Å²) in [6, 6.07) is 0. The van der Waals surface area contributed by atoms with E-state index >= 15 is 0 Å². The van der Waals surface area contributed by atoms with Crippen molar-refractivity contribution in [3.63, 3.8) is 0 Å². The zero-order chi connectivity index (χ0) is 8.41. The van der Waals surface area contributed by atoms with Gasteiger partial charge in [0.25, 0.3) is 0 Å². The summed E-state index contributed by atoms with van der Waals surface area (Å²) >= 11 is 4.50. The Hall–Kier alpha value is 1.38. The average molecular weight is 368 g/mol. The second-order valence-electron chi connectivity index (χ2n) is 3.05. The molecule has 0 saturated heterocycles. The molecule has 0 aromatic rings. The summed E-state index contributed by atoms with van der Waals surface area (Å²) in [5, 5.41) is 0. The van der Waals surface area contributed by atoms with E-state index in [1.165, 1.54) is 0 Å². The highest BCUT2D eigenvalue weighted by Gasteiger charge is 2.35. The predicted octanol–water partition coefficient (Wildman–Crippen LogP) is 1.84. The first-order valence-corrected chi connectivity index (χ1v) is 5.34. The largest absolute Gasteiger partial charge is 0.330 e. The van der Waals surface area contributed by atoms with Crippen LogP contribution in [0.15, 0.2) is 0 Å². The number of alkyl halides is 2. The molecule has 0 aliphatic carbocycles. The Bertz CT molecular complexity index is 107. The summed E-state index contributed by atoms with van der Waals surface area (Å²) in [4.78, 5) is 0. The normalized spacial score (nSPS) is 13.8. The molecule has 0 fully saturated rings. The first kappa shape index (κ1) is 11.4. The molecule has 0 rings (SSSR count). The highest BCUT2D eigenvalue weighted by molar-refractivity contribution is 14.2. The predicted molar refractivity (Wildman–Crippen MR) is 62.4 cm³/mol. The molecule has 0 bridgehead atoms. The molecule has 10 heavy (non-hydrogen) atoms. The Kier molecular flexibility index (Phi) is 4.39. The van der Waals surface area contributed by atoms with Crippen LogP contribution >= 0.6 is 45.2 Å². The van der Waals surface area contributed by atoms with Crippen LogP contribution in [0.2, 0.25) is 0 Å². The standard InChI is InChI=1S/C6H14I2N2/c1-5(2,3-4-9)6(7,8)10/h3-4,9-10H2,1-2H3. The molecule has 4 heteroatoms. The molecule has 2 nitrogen and oxygen atoms in total. The summed E-state index contributed by atoms with van der Waals surface area (Å²) in [5.41, 5.74) is 11.5. The number of nitrogens with two attached hydrogens (primary N) is 2. The van der Waals surface area contributed by atoms with Crippen LogP contribution < -0.4 is 11.5 Å². The lowest BCUT2D eigenvalue weighted by molar-refractivity contribution is 0.331. The minimum absolute atomic E-state index is 0.114. The third-order valence-corrected chi connectivity index (χ3v) is 4.59. The fourth-order valence-electron chi connectivity index (χ4n) is 0.528. The van der Waals surface area contributed by atoms with Gasteiger partial charge in [0.05, 0.1) is 0 Å². The zero-order valence-electron chi connectivity index (χ0n) is 6.32. The average Bonchev–Trinajstić information content (AvgIpc) is 1.61. The first-order chi connectivity index (χ1) is 4.31. The van der Waals surface area contributed by atoms with E-state index in [2.05, 4.69) is 59.0 Å². The van der Waals surface area contributed by atoms with Gasteiger partial charge in [-0.25, -0.2) is 0 Å². The van der Waals surface area contributed by atoms with Gasteiger partial charge in [-0.15, -0.1) is 0 Å². The zero-order valence-corrected chi connectivity index (χ0v) is 10.6. The van der Waals surface area contributed by atoms with Gasteiger partial charge in [-0.2, -0.15) is 0 Å². The van der Waals surface area contributed by atoms with Gasteiger partial charge in [-0.3, -0.25) is 0 Å². The van der Waals surface area contributed by atoms with E-state index in [-0.39, 0.29) is 6.97 Å². The Morgan fingerprint density at radius 2 is 1.70 bits per heavy atom. The maximum Gasteiger partial charge on any atom is 0.125 e. The molecule has 0 amide bonds. The van der Waals surface area contributed by atoms with Gasteiger partial charge in [0.1, 0.15) is 1.55 Å². The Labute approximate surface area is 89.8 Å². The van der Waals surface area contributed by atoms with Crippen LogP contribution in [-0.4, -0.2) is 8.10 Å². The molecule has 0 aliphatic rings. The lowest BCUT2D eigenvalue weighted by atomic mass is 9.90. The second-order valence-corrected chi connectivity index (χ2v) is 8.51. The van der Waals surface area contributed by atoms with Crippen molar-refractivity contribution >= 4 is 45.2 Å². The van der Waals surface area contributed by atoms with Crippen molar-refractivity contribution < 1.29 is 0 Å². The quantitative estimate of drug-likeness (QED) is 0.454. The number of halogens is 2. The molecular weight excluding hydrogens is 354 g/mol. The van der Waals surface area contributed by atoms with Gasteiger partial charge in [-0.1, -0.05) is 13.8 Å². The topological polar surface area (TPSA) is 52.0 Å². The molecule has 0 radical (unpaired) electrons. The molecule has 0 aliphatic heterocycles. The van der Waals surface area contributed by atoms with E-state index in [9.17, 15) is 0 Å². The van der Waals surface area contributed by atoms with Crippen LogP contribution in [0.25, 0.3) is 0 Å². The number of rotatable bonds is 3. The van der Waals surface area contributed by atoms with Crippen LogP contribution in [0.4, 0.5) is 0 Å². The summed E-state index contributed by atoms with van der Waals surface area (Å²) in [6.45, 7) is 4.98. The maximum absolute atomic E-state index is 5.92. The third-order valence-electron chi connectivity index (χ3n) is 1.67. The van der Waals surface area contributed by atoms with Crippen molar-refractivity contribution in [2.24, 2.45) is 16.9 Å². The third kappa shape index (κ3) is 3.19. The SMILES string of the molecule is CC(C)(CCN)C(N)(I)I. The first-order valence-electron chi connectivity index (χ1n) is 3.18. The van der Waals surface area contributed by atoms with E-state index in [4.69, 9.17) is 11.5 Å². The van der Waals surface area contributed by atoms with Crippen molar-refractivity contribution in [2.75, 3.05) is 6.54 Å².